The van der Waals surface area contributed by atoms with E-state index in [1.807, 2.05) is 35.2 Å². The molecule has 2 aromatic rings. The van der Waals surface area contributed by atoms with E-state index in [1.165, 1.54) is 43.2 Å². The molecule has 240 valence electrons. The Morgan fingerprint density at radius 1 is 0.977 bits per heavy atom. The molecule has 0 radical (unpaired) electrons. The van der Waals surface area contributed by atoms with Crippen molar-refractivity contribution in [3.8, 4) is 0 Å². The molecule has 2 amide bonds. The van der Waals surface area contributed by atoms with Crippen LogP contribution in [0.4, 0.5) is 0 Å². The van der Waals surface area contributed by atoms with Crippen LogP contribution in [0.3, 0.4) is 0 Å². The lowest BCUT2D eigenvalue weighted by Gasteiger charge is -2.45. The third-order valence-corrected chi connectivity index (χ3v) is 10.5. The van der Waals surface area contributed by atoms with Crippen molar-refractivity contribution in [2.45, 2.75) is 83.3 Å². The number of benzene rings is 2. The molecule has 2 aromatic carbocycles. The quantitative estimate of drug-likeness (QED) is 0.346. The molecule has 8 heteroatoms. The first-order chi connectivity index (χ1) is 21.4. The lowest BCUT2D eigenvalue weighted by molar-refractivity contribution is -0.138. The van der Waals surface area contributed by atoms with Gasteiger partial charge in [-0.2, -0.15) is 0 Å². The first-order valence-corrected chi connectivity index (χ1v) is 17.4. The number of piperazine rings is 1. The summed E-state index contributed by atoms with van der Waals surface area (Å²) in [6, 6.07) is 15.8. The third kappa shape index (κ3) is 8.63. The van der Waals surface area contributed by atoms with Gasteiger partial charge in [-0.1, -0.05) is 81.1 Å². The van der Waals surface area contributed by atoms with Gasteiger partial charge in [-0.05, 0) is 73.6 Å². The summed E-state index contributed by atoms with van der Waals surface area (Å²) in [5.74, 6) is 0.659. The molecular formula is C36H52ClN5O2. The molecule has 3 aliphatic rings. The Balaban J connectivity index is 1.25. The van der Waals surface area contributed by atoms with Gasteiger partial charge in [0.15, 0.2) is 0 Å². The fourth-order valence-electron chi connectivity index (χ4n) is 7.59. The van der Waals surface area contributed by atoms with Crippen LogP contribution in [0.15, 0.2) is 48.5 Å². The van der Waals surface area contributed by atoms with E-state index < -0.39 is 6.04 Å². The minimum atomic E-state index is -0.612. The highest BCUT2D eigenvalue weighted by Gasteiger charge is 2.35. The van der Waals surface area contributed by atoms with Crippen molar-refractivity contribution in [1.82, 2.24) is 25.3 Å². The molecule has 1 aliphatic carbocycles. The normalized spacial score (nSPS) is 21.1. The Kier molecular flexibility index (Phi) is 12.1. The number of amides is 2. The highest BCUT2D eigenvalue weighted by Crippen LogP contribution is 2.30. The molecule has 5 rings (SSSR count). The number of halogens is 1. The molecule has 1 saturated heterocycles. The van der Waals surface area contributed by atoms with E-state index in [4.69, 9.17) is 11.6 Å². The van der Waals surface area contributed by atoms with Crippen LogP contribution in [0.25, 0.3) is 0 Å². The minimum absolute atomic E-state index is 0.0166. The maximum atomic E-state index is 14.1. The van der Waals surface area contributed by atoms with Crippen LogP contribution in [-0.2, 0) is 22.4 Å². The van der Waals surface area contributed by atoms with Crippen LogP contribution >= 0.6 is 11.6 Å². The Bertz CT molecular complexity index is 1210. The number of carbonyl (C=O) groups is 2. The fraction of sp³-hybridized carbons (Fsp3) is 0.611. The van der Waals surface area contributed by atoms with E-state index in [0.717, 1.165) is 57.2 Å². The molecule has 2 aliphatic heterocycles. The number of fused-ring (bicyclic) bond motifs is 1. The number of carbonyl (C=O) groups excluding carboxylic acids is 2. The zero-order chi connectivity index (χ0) is 30.9. The van der Waals surface area contributed by atoms with Crippen molar-refractivity contribution in [2.75, 3.05) is 52.4 Å². The molecule has 2 heterocycles. The van der Waals surface area contributed by atoms with Crippen LogP contribution in [0.2, 0.25) is 5.02 Å². The molecule has 0 spiro atoms. The molecule has 2 fully saturated rings. The van der Waals surface area contributed by atoms with Crippen molar-refractivity contribution < 1.29 is 9.59 Å². The van der Waals surface area contributed by atoms with Gasteiger partial charge >= 0.3 is 0 Å². The van der Waals surface area contributed by atoms with E-state index in [2.05, 4.69) is 52.5 Å². The third-order valence-electron chi connectivity index (χ3n) is 10.2. The van der Waals surface area contributed by atoms with E-state index in [0.29, 0.717) is 37.0 Å². The van der Waals surface area contributed by atoms with Gasteiger partial charge in [0.25, 0.3) is 0 Å². The SMILES string of the molecule is CCN(CC)CC(C1CCCCC1)N1CCN(C(=O)C(Cc2ccc(Cl)cc2)NC(=O)CC2NCCc3ccccc32)CC1. The Labute approximate surface area is 269 Å². The molecule has 3 atom stereocenters. The number of hydrogen-bond acceptors (Lipinski definition) is 5. The van der Waals surface area contributed by atoms with E-state index in [9.17, 15) is 9.59 Å². The standard InChI is InChI=1S/C36H52ClN5O2/c1-3-40(4-2)26-34(29-11-6-5-7-12-29)41-20-22-42(23-21-41)36(44)33(24-27-14-16-30(37)17-15-27)39-35(43)25-32-31-13-9-8-10-28(31)18-19-38-32/h8-10,13-17,29,32-34,38H,3-7,11-12,18-26H2,1-2H3,(H,39,43). The summed E-state index contributed by atoms with van der Waals surface area (Å²) in [6.45, 7) is 11.8. The number of hydrogen-bond donors (Lipinski definition) is 2. The van der Waals surface area contributed by atoms with Crippen molar-refractivity contribution in [1.29, 1.82) is 0 Å². The van der Waals surface area contributed by atoms with Gasteiger partial charge in [-0.15, -0.1) is 0 Å². The zero-order valence-corrected chi connectivity index (χ0v) is 27.5. The number of nitrogens with zero attached hydrogens (tertiary/aromatic N) is 3. The number of nitrogens with one attached hydrogen (secondary N) is 2. The Hall–Kier alpha value is -2.45. The Morgan fingerprint density at radius 2 is 1.68 bits per heavy atom. The summed E-state index contributed by atoms with van der Waals surface area (Å²) in [7, 11) is 0. The zero-order valence-electron chi connectivity index (χ0n) is 26.8. The van der Waals surface area contributed by atoms with Crippen LogP contribution in [0.1, 0.15) is 75.1 Å². The highest BCUT2D eigenvalue weighted by molar-refractivity contribution is 6.30. The van der Waals surface area contributed by atoms with E-state index in [1.54, 1.807) is 0 Å². The average molecular weight is 622 g/mol. The second kappa shape index (κ2) is 16.2. The van der Waals surface area contributed by atoms with Crippen molar-refractivity contribution in [3.05, 3.63) is 70.2 Å². The minimum Gasteiger partial charge on any atom is -0.344 e. The maximum absolute atomic E-state index is 14.1. The molecule has 1 saturated carbocycles. The fourth-order valence-corrected chi connectivity index (χ4v) is 7.72. The molecule has 2 N–H and O–H groups in total. The van der Waals surface area contributed by atoms with Gasteiger partial charge < -0.3 is 20.4 Å². The van der Waals surface area contributed by atoms with E-state index >= 15 is 0 Å². The van der Waals surface area contributed by atoms with Gasteiger partial charge in [0.05, 0.1) is 0 Å². The van der Waals surface area contributed by atoms with Gasteiger partial charge in [0.2, 0.25) is 11.8 Å². The van der Waals surface area contributed by atoms with Gasteiger partial charge in [-0.25, -0.2) is 0 Å². The summed E-state index contributed by atoms with van der Waals surface area (Å²) < 4.78 is 0. The van der Waals surface area contributed by atoms with Crippen molar-refractivity contribution in [3.63, 3.8) is 0 Å². The molecule has 7 nitrogen and oxygen atoms in total. The summed E-state index contributed by atoms with van der Waals surface area (Å²) in [5, 5.41) is 7.33. The lowest BCUT2D eigenvalue weighted by Crippen LogP contribution is -2.59. The summed E-state index contributed by atoms with van der Waals surface area (Å²) in [4.78, 5) is 34.8. The predicted molar refractivity (Wildman–Crippen MR) is 179 cm³/mol. The predicted octanol–water partition coefficient (Wildman–Crippen LogP) is 5.08. The topological polar surface area (TPSA) is 67.9 Å². The monoisotopic (exact) mass is 621 g/mol. The maximum Gasteiger partial charge on any atom is 0.245 e. The first kappa shape index (κ1) is 32.9. The summed E-state index contributed by atoms with van der Waals surface area (Å²) in [6.07, 6.45) is 8.40. The smallest absolute Gasteiger partial charge is 0.245 e. The second-order valence-corrected chi connectivity index (χ2v) is 13.4. The van der Waals surface area contributed by atoms with Crippen molar-refractivity contribution >= 4 is 23.4 Å². The summed E-state index contributed by atoms with van der Waals surface area (Å²) in [5.41, 5.74) is 3.47. The van der Waals surface area contributed by atoms with E-state index in [-0.39, 0.29) is 17.9 Å². The Morgan fingerprint density at radius 3 is 2.39 bits per heavy atom. The molecule has 3 unspecified atom stereocenters. The van der Waals surface area contributed by atoms with Gasteiger partial charge in [-0.3, -0.25) is 14.5 Å². The molecular weight excluding hydrogens is 570 g/mol. The first-order valence-electron chi connectivity index (χ1n) is 17.0. The van der Waals surface area contributed by atoms with Crippen LogP contribution < -0.4 is 10.6 Å². The molecule has 44 heavy (non-hydrogen) atoms. The highest BCUT2D eigenvalue weighted by atomic mass is 35.5. The van der Waals surface area contributed by atoms with Crippen LogP contribution in [-0.4, -0.2) is 91.0 Å². The van der Waals surface area contributed by atoms with Crippen molar-refractivity contribution in [2.24, 2.45) is 5.92 Å². The largest absolute Gasteiger partial charge is 0.344 e. The van der Waals surface area contributed by atoms with Crippen LogP contribution in [0.5, 0.6) is 0 Å². The van der Waals surface area contributed by atoms with Gasteiger partial charge in [0, 0.05) is 62.7 Å². The molecule has 0 bridgehead atoms. The molecule has 0 aromatic heterocycles. The second-order valence-electron chi connectivity index (χ2n) is 12.9. The number of rotatable bonds is 12. The lowest BCUT2D eigenvalue weighted by atomic mass is 9.82. The number of likely N-dealkylation sites (N-methyl/N-ethyl adjacent to an activating group) is 1. The summed E-state index contributed by atoms with van der Waals surface area (Å²) >= 11 is 6.15. The van der Waals surface area contributed by atoms with Crippen LogP contribution in [0, 0.1) is 5.92 Å². The van der Waals surface area contributed by atoms with Gasteiger partial charge in [0.1, 0.15) is 6.04 Å². The average Bonchev–Trinajstić information content (AvgIpc) is 3.06.